The summed E-state index contributed by atoms with van der Waals surface area (Å²) in [6.07, 6.45) is 1.51. The number of ether oxygens (including phenoxy) is 2. The number of hydrogen-bond acceptors (Lipinski definition) is 4. The van der Waals surface area contributed by atoms with Crippen molar-refractivity contribution in [1.82, 2.24) is 5.32 Å². The van der Waals surface area contributed by atoms with Gasteiger partial charge >= 0.3 is 0 Å². The molecule has 1 saturated carbocycles. The molecular formula is C20H23F2NO3. The van der Waals surface area contributed by atoms with Crippen molar-refractivity contribution in [3.05, 3.63) is 60.2 Å². The van der Waals surface area contributed by atoms with Crippen molar-refractivity contribution in [2.45, 2.75) is 37.5 Å². The fraction of sp³-hybridized carbons (Fsp3) is 0.400. The molecule has 0 bridgehead atoms. The first-order chi connectivity index (χ1) is 12.6. The van der Waals surface area contributed by atoms with Crippen LogP contribution in [0.5, 0.6) is 11.5 Å². The molecule has 0 aliphatic heterocycles. The molecule has 0 unspecified atom stereocenters. The zero-order chi connectivity index (χ0) is 18.4. The van der Waals surface area contributed by atoms with Crippen LogP contribution in [0.15, 0.2) is 48.5 Å². The monoisotopic (exact) mass is 363 g/mol. The van der Waals surface area contributed by atoms with Crippen LogP contribution in [0.3, 0.4) is 0 Å². The highest BCUT2D eigenvalue weighted by Crippen LogP contribution is 2.24. The number of rotatable bonds is 7. The van der Waals surface area contributed by atoms with Crippen LogP contribution in [0.25, 0.3) is 0 Å². The Bertz CT molecular complexity index is 696. The second kappa shape index (κ2) is 8.96. The molecular weight excluding hydrogens is 340 g/mol. The summed E-state index contributed by atoms with van der Waals surface area (Å²) in [4.78, 5) is 0. The molecule has 1 aliphatic carbocycles. The van der Waals surface area contributed by atoms with Crippen LogP contribution >= 0.6 is 0 Å². The summed E-state index contributed by atoms with van der Waals surface area (Å²) in [5, 5.41) is 13.8. The van der Waals surface area contributed by atoms with Gasteiger partial charge in [-0.1, -0.05) is 6.07 Å². The zero-order valence-corrected chi connectivity index (χ0v) is 14.4. The van der Waals surface area contributed by atoms with E-state index >= 15 is 0 Å². The Kier molecular flexibility index (Phi) is 6.41. The second-order valence-corrected chi connectivity index (χ2v) is 6.40. The lowest BCUT2D eigenvalue weighted by molar-refractivity contribution is -0.0158. The summed E-state index contributed by atoms with van der Waals surface area (Å²) in [6, 6.07) is 11.7. The van der Waals surface area contributed by atoms with Gasteiger partial charge in [0.1, 0.15) is 41.9 Å². The minimum atomic E-state index is -0.664. The minimum Gasteiger partial charge on any atom is -0.492 e. The Morgan fingerprint density at radius 2 is 1.81 bits per heavy atom. The fourth-order valence-electron chi connectivity index (χ4n) is 3.15. The van der Waals surface area contributed by atoms with Gasteiger partial charge in [0.15, 0.2) is 0 Å². The first-order valence-corrected chi connectivity index (χ1v) is 8.84. The van der Waals surface area contributed by atoms with E-state index in [1.165, 1.54) is 24.3 Å². The summed E-state index contributed by atoms with van der Waals surface area (Å²) in [7, 11) is 0. The van der Waals surface area contributed by atoms with Crippen molar-refractivity contribution in [2.75, 3.05) is 13.2 Å². The summed E-state index contributed by atoms with van der Waals surface area (Å²) in [5.41, 5.74) is 0. The molecule has 0 saturated heterocycles. The standard InChI is InChI=1S/C20H23F2NO3/c21-14-7-9-16(10-8-14)26-19-6-2-5-18(20(19)24)23-11-12-25-17-4-1-3-15(22)13-17/h1,3-4,7-10,13,18-20,23-24H,2,5-6,11-12H2/t18-,19+,20+/m0/s1. The molecule has 140 valence electrons. The molecule has 0 spiro atoms. The third-order valence-electron chi connectivity index (χ3n) is 4.47. The van der Waals surface area contributed by atoms with Gasteiger partial charge in [-0.3, -0.25) is 0 Å². The van der Waals surface area contributed by atoms with Gasteiger partial charge < -0.3 is 19.9 Å². The third kappa shape index (κ3) is 5.16. The van der Waals surface area contributed by atoms with E-state index in [1.54, 1.807) is 24.3 Å². The molecule has 2 aromatic carbocycles. The predicted molar refractivity (Wildman–Crippen MR) is 94.4 cm³/mol. The average molecular weight is 363 g/mol. The zero-order valence-electron chi connectivity index (χ0n) is 14.4. The number of aliphatic hydroxyl groups excluding tert-OH is 1. The summed E-state index contributed by atoms with van der Waals surface area (Å²) < 4.78 is 37.4. The van der Waals surface area contributed by atoms with Gasteiger partial charge in [0, 0.05) is 18.7 Å². The van der Waals surface area contributed by atoms with Crippen LogP contribution in [0.1, 0.15) is 19.3 Å². The van der Waals surface area contributed by atoms with Gasteiger partial charge in [0.2, 0.25) is 0 Å². The SMILES string of the molecule is O[C@@H]1[C@@H](NCCOc2cccc(F)c2)CCC[C@H]1Oc1ccc(F)cc1. The van der Waals surface area contributed by atoms with Gasteiger partial charge in [0.25, 0.3) is 0 Å². The largest absolute Gasteiger partial charge is 0.492 e. The van der Waals surface area contributed by atoms with E-state index in [0.717, 1.165) is 19.3 Å². The van der Waals surface area contributed by atoms with Crippen molar-refractivity contribution < 1.29 is 23.4 Å². The average Bonchev–Trinajstić information content (AvgIpc) is 2.63. The Labute approximate surface area is 151 Å². The van der Waals surface area contributed by atoms with Crippen molar-refractivity contribution >= 4 is 0 Å². The first-order valence-electron chi connectivity index (χ1n) is 8.84. The highest BCUT2D eigenvalue weighted by molar-refractivity contribution is 5.23. The van der Waals surface area contributed by atoms with Gasteiger partial charge in [0.05, 0.1) is 0 Å². The Hall–Kier alpha value is -2.18. The highest BCUT2D eigenvalue weighted by Gasteiger charge is 2.33. The molecule has 2 aromatic rings. The molecule has 1 aliphatic rings. The van der Waals surface area contributed by atoms with Crippen LogP contribution < -0.4 is 14.8 Å². The highest BCUT2D eigenvalue weighted by atomic mass is 19.1. The van der Waals surface area contributed by atoms with Crippen molar-refractivity contribution in [3.8, 4) is 11.5 Å². The summed E-state index contributed by atoms with van der Waals surface area (Å²) in [6.45, 7) is 0.900. The molecule has 4 nitrogen and oxygen atoms in total. The maximum atomic E-state index is 13.1. The second-order valence-electron chi connectivity index (χ2n) is 6.40. The minimum absolute atomic E-state index is 0.106. The third-order valence-corrected chi connectivity index (χ3v) is 4.47. The van der Waals surface area contributed by atoms with Gasteiger partial charge in [-0.15, -0.1) is 0 Å². The normalized spacial score (nSPS) is 22.8. The topological polar surface area (TPSA) is 50.7 Å². The van der Waals surface area contributed by atoms with Crippen LogP contribution in [-0.4, -0.2) is 36.5 Å². The molecule has 0 heterocycles. The molecule has 0 amide bonds. The molecule has 6 heteroatoms. The number of halogens is 2. The lowest BCUT2D eigenvalue weighted by Crippen LogP contribution is -2.51. The smallest absolute Gasteiger partial charge is 0.126 e. The Morgan fingerprint density at radius 1 is 1.00 bits per heavy atom. The lowest BCUT2D eigenvalue weighted by atomic mass is 9.90. The molecule has 26 heavy (non-hydrogen) atoms. The van der Waals surface area contributed by atoms with E-state index in [0.29, 0.717) is 24.7 Å². The number of nitrogens with one attached hydrogen (secondary N) is 1. The molecule has 2 N–H and O–H groups in total. The molecule has 1 fully saturated rings. The van der Waals surface area contributed by atoms with Crippen molar-refractivity contribution in [1.29, 1.82) is 0 Å². The maximum absolute atomic E-state index is 13.1. The molecule has 3 rings (SSSR count). The maximum Gasteiger partial charge on any atom is 0.126 e. The van der Waals surface area contributed by atoms with Gasteiger partial charge in [-0.05, 0) is 55.7 Å². The van der Waals surface area contributed by atoms with E-state index in [1.807, 2.05) is 0 Å². The molecule has 0 radical (unpaired) electrons. The van der Waals surface area contributed by atoms with Crippen LogP contribution in [0.2, 0.25) is 0 Å². The Morgan fingerprint density at radius 3 is 2.58 bits per heavy atom. The predicted octanol–water partition coefficient (Wildman–Crippen LogP) is 3.29. The van der Waals surface area contributed by atoms with Crippen LogP contribution in [-0.2, 0) is 0 Å². The molecule has 0 aromatic heterocycles. The number of aliphatic hydroxyl groups is 1. The summed E-state index contributed by atoms with van der Waals surface area (Å²) in [5.74, 6) is 0.373. The van der Waals surface area contributed by atoms with Crippen LogP contribution in [0, 0.1) is 11.6 Å². The van der Waals surface area contributed by atoms with Crippen molar-refractivity contribution in [2.24, 2.45) is 0 Å². The van der Waals surface area contributed by atoms with E-state index in [4.69, 9.17) is 9.47 Å². The fourth-order valence-corrected chi connectivity index (χ4v) is 3.15. The molecule has 3 atom stereocenters. The first kappa shape index (κ1) is 18.6. The Balaban J connectivity index is 1.45. The van der Waals surface area contributed by atoms with Gasteiger partial charge in [-0.2, -0.15) is 0 Å². The van der Waals surface area contributed by atoms with Crippen molar-refractivity contribution in [3.63, 3.8) is 0 Å². The van der Waals surface area contributed by atoms with E-state index < -0.39 is 6.10 Å². The van der Waals surface area contributed by atoms with E-state index in [-0.39, 0.29) is 23.8 Å². The number of hydrogen-bond donors (Lipinski definition) is 2. The quantitative estimate of drug-likeness (QED) is 0.741. The lowest BCUT2D eigenvalue weighted by Gasteiger charge is -2.35. The van der Waals surface area contributed by atoms with E-state index in [2.05, 4.69) is 5.32 Å². The number of benzene rings is 2. The van der Waals surface area contributed by atoms with Crippen LogP contribution in [0.4, 0.5) is 8.78 Å². The van der Waals surface area contributed by atoms with E-state index in [9.17, 15) is 13.9 Å². The van der Waals surface area contributed by atoms with Gasteiger partial charge in [-0.25, -0.2) is 8.78 Å². The summed E-state index contributed by atoms with van der Waals surface area (Å²) >= 11 is 0.